The number of alkyl halides is 3. The normalized spacial score (nSPS) is 13.1. The molecule has 0 heterocycles. The minimum absolute atomic E-state index is 0.0695. The van der Waals surface area contributed by atoms with E-state index in [0.717, 1.165) is 33.8 Å². The summed E-state index contributed by atoms with van der Waals surface area (Å²) in [5, 5.41) is 2.25. The summed E-state index contributed by atoms with van der Waals surface area (Å²) in [6.07, 6.45) is -3.62. The number of nitrogens with one attached hydrogen (secondary N) is 1. The van der Waals surface area contributed by atoms with Crippen molar-refractivity contribution >= 4 is 27.3 Å². The maximum atomic E-state index is 13.2. The summed E-state index contributed by atoms with van der Waals surface area (Å²) in [5.74, 6) is -0.839. The van der Waals surface area contributed by atoms with Gasteiger partial charge in [0, 0.05) is 0 Å². The van der Waals surface area contributed by atoms with E-state index in [1.807, 2.05) is 6.07 Å². The second kappa shape index (κ2) is 8.44. The molecule has 29 heavy (non-hydrogen) atoms. The molecular formula is C20H23F3N2O3S. The van der Waals surface area contributed by atoms with Gasteiger partial charge in [0.15, 0.2) is 0 Å². The van der Waals surface area contributed by atoms with Gasteiger partial charge in [-0.25, -0.2) is 8.42 Å². The van der Waals surface area contributed by atoms with Crippen LogP contribution in [0.2, 0.25) is 0 Å². The highest BCUT2D eigenvalue weighted by Gasteiger charge is 2.36. The van der Waals surface area contributed by atoms with Crippen LogP contribution in [0.5, 0.6) is 0 Å². The Morgan fingerprint density at radius 2 is 1.66 bits per heavy atom. The van der Waals surface area contributed by atoms with Crippen molar-refractivity contribution in [1.82, 2.24) is 0 Å². The van der Waals surface area contributed by atoms with Crippen LogP contribution in [0, 0.1) is 13.8 Å². The Bertz CT molecular complexity index is 984. The highest BCUT2D eigenvalue weighted by atomic mass is 32.2. The zero-order valence-electron chi connectivity index (χ0n) is 16.5. The van der Waals surface area contributed by atoms with Crippen LogP contribution in [0.1, 0.15) is 30.0 Å². The number of nitrogens with zero attached hydrogens (tertiary/aromatic N) is 1. The first-order chi connectivity index (χ1) is 13.3. The number of rotatable bonds is 6. The van der Waals surface area contributed by atoms with Crippen LogP contribution in [0.3, 0.4) is 0 Å². The van der Waals surface area contributed by atoms with Crippen molar-refractivity contribution in [2.24, 2.45) is 0 Å². The Kier molecular flexibility index (Phi) is 6.62. The van der Waals surface area contributed by atoms with Gasteiger partial charge in [0.05, 0.1) is 23.2 Å². The van der Waals surface area contributed by atoms with Gasteiger partial charge in [-0.05, 0) is 55.7 Å². The fourth-order valence-electron chi connectivity index (χ4n) is 3.19. The third-order valence-corrected chi connectivity index (χ3v) is 5.46. The molecule has 0 fully saturated rings. The van der Waals surface area contributed by atoms with Gasteiger partial charge in [0.1, 0.15) is 6.04 Å². The lowest BCUT2D eigenvalue weighted by Crippen LogP contribution is -2.47. The van der Waals surface area contributed by atoms with Gasteiger partial charge in [-0.2, -0.15) is 13.2 Å². The van der Waals surface area contributed by atoms with Gasteiger partial charge in [-0.15, -0.1) is 0 Å². The number of para-hydroxylation sites is 1. The average molecular weight is 428 g/mol. The molecule has 0 saturated carbocycles. The Balaban J connectivity index is 2.48. The molecule has 0 aliphatic carbocycles. The lowest BCUT2D eigenvalue weighted by Gasteiger charge is -2.31. The van der Waals surface area contributed by atoms with Crippen LogP contribution in [-0.2, 0) is 21.0 Å². The second-order valence-electron chi connectivity index (χ2n) is 6.86. The number of halogens is 3. The number of carbonyl (C=O) groups excluding carboxylic acids is 1. The molecule has 158 valence electrons. The van der Waals surface area contributed by atoms with Gasteiger partial charge in [0.25, 0.3) is 0 Å². The van der Waals surface area contributed by atoms with Gasteiger partial charge in [0.2, 0.25) is 15.9 Å². The number of amides is 1. The fourth-order valence-corrected chi connectivity index (χ4v) is 4.39. The lowest BCUT2D eigenvalue weighted by atomic mass is 10.1. The van der Waals surface area contributed by atoms with E-state index in [2.05, 4.69) is 5.32 Å². The Labute approximate surface area is 168 Å². The molecule has 1 atom stereocenters. The Morgan fingerprint density at radius 3 is 2.14 bits per heavy atom. The van der Waals surface area contributed by atoms with E-state index in [9.17, 15) is 26.4 Å². The zero-order valence-corrected chi connectivity index (χ0v) is 17.4. The van der Waals surface area contributed by atoms with Crippen LogP contribution < -0.4 is 9.62 Å². The van der Waals surface area contributed by atoms with Crippen molar-refractivity contribution in [3.8, 4) is 0 Å². The molecule has 0 aliphatic heterocycles. The fraction of sp³-hybridized carbons (Fsp3) is 0.350. The third kappa shape index (κ3) is 5.50. The van der Waals surface area contributed by atoms with Crippen molar-refractivity contribution in [1.29, 1.82) is 0 Å². The second-order valence-corrected chi connectivity index (χ2v) is 8.72. The van der Waals surface area contributed by atoms with Crippen molar-refractivity contribution in [3.05, 3.63) is 59.2 Å². The third-order valence-electron chi connectivity index (χ3n) is 4.28. The van der Waals surface area contributed by atoms with E-state index in [0.29, 0.717) is 0 Å². The number of hydrogen-bond donors (Lipinski definition) is 1. The van der Waals surface area contributed by atoms with E-state index in [-0.39, 0.29) is 12.1 Å². The summed E-state index contributed by atoms with van der Waals surface area (Å²) >= 11 is 0. The molecular weight excluding hydrogens is 405 g/mol. The maximum absolute atomic E-state index is 13.2. The molecule has 2 aromatic carbocycles. The Morgan fingerprint density at radius 1 is 1.10 bits per heavy atom. The van der Waals surface area contributed by atoms with Crippen LogP contribution in [0.25, 0.3) is 0 Å². The summed E-state index contributed by atoms with van der Waals surface area (Å²) in [5.41, 5.74) is 0.464. The molecule has 0 unspecified atom stereocenters. The van der Waals surface area contributed by atoms with E-state index < -0.39 is 39.4 Å². The molecule has 1 amide bonds. The topological polar surface area (TPSA) is 66.5 Å². The minimum atomic E-state index is -4.66. The molecule has 0 saturated heterocycles. The van der Waals surface area contributed by atoms with Gasteiger partial charge in [-0.1, -0.05) is 25.1 Å². The summed E-state index contributed by atoms with van der Waals surface area (Å²) < 4.78 is 65.6. The van der Waals surface area contributed by atoms with Crippen LogP contribution in [-0.4, -0.2) is 26.6 Å². The van der Waals surface area contributed by atoms with E-state index in [4.69, 9.17) is 0 Å². The standard InChI is InChI=1S/C20H23F3N2O3S/c1-5-18(19(26)24-17-9-7-6-8-16(17)20(21,22)23)25(29(4,27)28)15-11-13(2)10-14(3)12-15/h6-12,18H,5H2,1-4H3,(H,24,26)/t18-/m0/s1. The quantitative estimate of drug-likeness (QED) is 0.737. The smallest absolute Gasteiger partial charge is 0.324 e. The first-order valence-corrected chi connectivity index (χ1v) is 10.7. The first-order valence-electron chi connectivity index (χ1n) is 8.89. The SMILES string of the molecule is CC[C@@H](C(=O)Nc1ccccc1C(F)(F)F)N(c1cc(C)cc(C)c1)S(C)(=O)=O. The molecule has 0 bridgehead atoms. The summed E-state index contributed by atoms with van der Waals surface area (Å²) in [6.45, 7) is 5.18. The van der Waals surface area contributed by atoms with Crippen LogP contribution in [0.4, 0.5) is 24.5 Å². The highest BCUT2D eigenvalue weighted by Crippen LogP contribution is 2.35. The predicted molar refractivity (Wildman–Crippen MR) is 107 cm³/mol. The summed E-state index contributed by atoms with van der Waals surface area (Å²) in [7, 11) is -3.89. The monoisotopic (exact) mass is 428 g/mol. The van der Waals surface area contributed by atoms with E-state index in [1.165, 1.54) is 12.1 Å². The highest BCUT2D eigenvalue weighted by molar-refractivity contribution is 7.92. The number of aryl methyl sites for hydroxylation is 2. The molecule has 5 nitrogen and oxygen atoms in total. The molecule has 0 aliphatic rings. The maximum Gasteiger partial charge on any atom is 0.418 e. The molecule has 2 rings (SSSR count). The van der Waals surface area contributed by atoms with Gasteiger partial charge in [-0.3, -0.25) is 9.10 Å². The average Bonchev–Trinajstić information content (AvgIpc) is 2.56. The summed E-state index contributed by atoms with van der Waals surface area (Å²) in [4.78, 5) is 12.9. The largest absolute Gasteiger partial charge is 0.418 e. The van der Waals surface area contributed by atoms with Crippen LogP contribution in [0.15, 0.2) is 42.5 Å². The molecule has 2 aromatic rings. The molecule has 0 spiro atoms. The number of hydrogen-bond acceptors (Lipinski definition) is 3. The number of anilines is 2. The Hall–Kier alpha value is -2.55. The van der Waals surface area contributed by atoms with Crippen molar-refractivity contribution in [3.63, 3.8) is 0 Å². The van der Waals surface area contributed by atoms with Gasteiger partial charge >= 0.3 is 6.18 Å². The van der Waals surface area contributed by atoms with Crippen molar-refractivity contribution in [2.45, 2.75) is 39.4 Å². The van der Waals surface area contributed by atoms with Gasteiger partial charge < -0.3 is 5.32 Å². The molecule has 0 aromatic heterocycles. The lowest BCUT2D eigenvalue weighted by molar-refractivity contribution is -0.137. The van der Waals surface area contributed by atoms with Crippen molar-refractivity contribution in [2.75, 3.05) is 15.9 Å². The molecule has 9 heteroatoms. The number of benzene rings is 2. The van der Waals surface area contributed by atoms with E-state index >= 15 is 0 Å². The first kappa shape index (κ1) is 22.7. The predicted octanol–water partition coefficient (Wildman–Crippen LogP) is 4.51. The van der Waals surface area contributed by atoms with E-state index in [1.54, 1.807) is 32.9 Å². The number of carbonyl (C=O) groups is 1. The van der Waals surface area contributed by atoms with Crippen LogP contribution >= 0.6 is 0 Å². The van der Waals surface area contributed by atoms with Crippen molar-refractivity contribution < 1.29 is 26.4 Å². The zero-order chi connectivity index (χ0) is 22.0. The molecule has 1 N–H and O–H groups in total. The number of sulfonamides is 1. The molecule has 0 radical (unpaired) electrons. The minimum Gasteiger partial charge on any atom is -0.324 e. The summed E-state index contributed by atoms with van der Waals surface area (Å²) in [6, 6.07) is 8.45.